The van der Waals surface area contributed by atoms with Crippen molar-refractivity contribution in [1.82, 2.24) is 0 Å². The van der Waals surface area contributed by atoms with Crippen molar-refractivity contribution in [3.8, 4) is 0 Å². The Hall–Kier alpha value is -3.22. The van der Waals surface area contributed by atoms with Gasteiger partial charge in [0.05, 0.1) is 5.56 Å². The van der Waals surface area contributed by atoms with Gasteiger partial charge in [-0.05, 0) is 22.0 Å². The Balaban J connectivity index is 1.89. The third-order valence-corrected chi connectivity index (χ3v) is 9.93. The molecule has 1 atom stereocenters. The van der Waals surface area contributed by atoms with Gasteiger partial charge in [0, 0.05) is 12.8 Å². The van der Waals surface area contributed by atoms with Crippen LogP contribution >= 0.6 is 7.26 Å². The van der Waals surface area contributed by atoms with Crippen molar-refractivity contribution in [2.24, 2.45) is 0 Å². The predicted octanol–water partition coefficient (Wildman–Crippen LogP) is 4.85. The highest BCUT2D eigenvalue weighted by Gasteiger charge is 2.49. The van der Waals surface area contributed by atoms with Crippen molar-refractivity contribution in [2.45, 2.75) is 5.85 Å². The average molecular weight is 395 g/mol. The molecule has 4 aromatic carbocycles. The number of rotatable bonds is 4. The van der Waals surface area contributed by atoms with Gasteiger partial charge in [0.2, 0.25) is 0 Å². The predicted molar refractivity (Wildman–Crippen MR) is 120 cm³/mol. The van der Waals surface area contributed by atoms with Crippen molar-refractivity contribution >= 4 is 29.1 Å². The molecule has 0 aliphatic carbocycles. The molecule has 0 N–H and O–H groups in total. The molecule has 4 aromatic rings. The van der Waals surface area contributed by atoms with Crippen molar-refractivity contribution in [2.75, 3.05) is 0 Å². The van der Waals surface area contributed by atoms with E-state index in [0.717, 1.165) is 5.56 Å². The molecule has 1 aliphatic heterocycles. The van der Waals surface area contributed by atoms with Gasteiger partial charge < -0.3 is 4.74 Å². The van der Waals surface area contributed by atoms with E-state index in [9.17, 15) is 4.79 Å². The van der Waals surface area contributed by atoms with Gasteiger partial charge in [-0.1, -0.05) is 109 Å². The Morgan fingerprint density at radius 1 is 0.552 bits per heavy atom. The quantitative estimate of drug-likeness (QED) is 0.365. The molecule has 1 unspecified atom stereocenters. The van der Waals surface area contributed by atoms with Crippen LogP contribution in [0.15, 0.2) is 115 Å². The lowest BCUT2D eigenvalue weighted by Crippen LogP contribution is -2.35. The zero-order valence-corrected chi connectivity index (χ0v) is 16.7. The van der Waals surface area contributed by atoms with Crippen LogP contribution in [0, 0.1) is 0 Å². The van der Waals surface area contributed by atoms with Crippen molar-refractivity contribution in [3.63, 3.8) is 0 Å². The minimum absolute atomic E-state index is 0.238. The molecule has 1 heterocycles. The highest BCUT2D eigenvalue weighted by Crippen LogP contribution is 2.68. The molecule has 0 amide bonds. The largest absolute Gasteiger partial charge is 0.449 e. The summed E-state index contributed by atoms with van der Waals surface area (Å²) in [5.74, 6) is -0.587. The van der Waals surface area contributed by atoms with Crippen molar-refractivity contribution < 1.29 is 9.53 Å². The molecule has 1 aliphatic rings. The van der Waals surface area contributed by atoms with E-state index in [-0.39, 0.29) is 11.8 Å². The van der Waals surface area contributed by atoms with Crippen LogP contribution < -0.4 is 15.9 Å². The Morgan fingerprint density at radius 3 is 1.45 bits per heavy atom. The summed E-state index contributed by atoms with van der Waals surface area (Å²) in [5, 5.41) is 3.60. The SMILES string of the molecule is O=C1OC([P](c2ccccc2)(c2ccccc2)c2ccccc2)c2ccccc21. The number of ether oxygens (including phenoxy) is 1. The molecule has 0 saturated carbocycles. The molecule has 0 aromatic heterocycles. The highest BCUT2D eigenvalue weighted by atomic mass is 31.2. The first kappa shape index (κ1) is 17.8. The summed E-state index contributed by atoms with van der Waals surface area (Å²) >= 11 is 0. The monoisotopic (exact) mass is 395 g/mol. The number of fused-ring (bicyclic) bond motifs is 1. The molecule has 141 valence electrons. The number of hydrogen-bond acceptors (Lipinski definition) is 2. The Morgan fingerprint density at radius 2 is 0.966 bits per heavy atom. The zero-order chi connectivity index (χ0) is 19.7. The first-order valence-electron chi connectivity index (χ1n) is 9.67. The summed E-state index contributed by atoms with van der Waals surface area (Å²) in [4.78, 5) is 12.8. The summed E-state index contributed by atoms with van der Waals surface area (Å²) in [5.41, 5.74) is 1.65. The van der Waals surface area contributed by atoms with Gasteiger partial charge >= 0.3 is 5.97 Å². The number of carbonyl (C=O) groups is 1. The lowest BCUT2D eigenvalue weighted by molar-refractivity contribution is 0.0514. The van der Waals surface area contributed by atoms with Gasteiger partial charge in [-0.15, -0.1) is 0 Å². The number of esters is 1. The van der Waals surface area contributed by atoms with E-state index in [1.165, 1.54) is 15.9 Å². The molecule has 2 nitrogen and oxygen atoms in total. The number of cyclic esters (lactones) is 1. The van der Waals surface area contributed by atoms with E-state index in [1.807, 2.05) is 42.5 Å². The molecule has 0 fully saturated rings. The van der Waals surface area contributed by atoms with Crippen LogP contribution in [0.1, 0.15) is 21.8 Å². The van der Waals surface area contributed by atoms with Crippen molar-refractivity contribution in [3.05, 3.63) is 126 Å². The van der Waals surface area contributed by atoms with Crippen LogP contribution in [0.4, 0.5) is 0 Å². The van der Waals surface area contributed by atoms with Gasteiger partial charge in [0.25, 0.3) is 0 Å². The van der Waals surface area contributed by atoms with Crippen LogP contribution in [-0.4, -0.2) is 5.97 Å². The van der Waals surface area contributed by atoms with Gasteiger partial charge in [-0.3, -0.25) is 0 Å². The second kappa shape index (κ2) is 7.31. The molecular formula is C26H20O2P. The summed E-state index contributed by atoms with van der Waals surface area (Å²) in [6.45, 7) is 0. The third-order valence-electron chi connectivity index (χ3n) is 5.51. The smallest absolute Gasteiger partial charge is 0.339 e. The fourth-order valence-corrected chi connectivity index (χ4v) is 8.79. The van der Waals surface area contributed by atoms with E-state index in [4.69, 9.17) is 4.74 Å². The maximum atomic E-state index is 12.8. The van der Waals surface area contributed by atoms with Crippen LogP contribution in [0.5, 0.6) is 0 Å². The van der Waals surface area contributed by atoms with Gasteiger partial charge in [0.1, 0.15) is 0 Å². The first-order chi connectivity index (χ1) is 14.3. The Kier molecular flexibility index (Phi) is 4.50. The Labute approximate surface area is 171 Å². The van der Waals surface area contributed by atoms with Gasteiger partial charge in [-0.2, -0.15) is 0 Å². The maximum Gasteiger partial charge on any atom is 0.339 e. The normalized spacial score (nSPS) is 15.6. The average Bonchev–Trinajstić information content (AvgIpc) is 3.14. The topological polar surface area (TPSA) is 26.3 Å². The zero-order valence-electron chi connectivity index (χ0n) is 15.8. The number of hydrogen-bond donors (Lipinski definition) is 0. The van der Waals surface area contributed by atoms with Gasteiger partial charge in [-0.25, -0.2) is 4.79 Å². The van der Waals surface area contributed by atoms with Crippen LogP contribution in [0.3, 0.4) is 0 Å². The highest BCUT2D eigenvalue weighted by molar-refractivity contribution is 7.95. The maximum absolute atomic E-state index is 12.8. The van der Waals surface area contributed by atoms with Crippen LogP contribution in [0.2, 0.25) is 0 Å². The molecule has 5 rings (SSSR count). The van der Waals surface area contributed by atoms with E-state index in [1.54, 1.807) is 0 Å². The molecule has 0 saturated heterocycles. The molecule has 3 heteroatoms. The lowest BCUT2D eigenvalue weighted by Gasteiger charge is -2.42. The summed E-state index contributed by atoms with van der Waals surface area (Å²) in [6, 6.07) is 39.3. The summed E-state index contributed by atoms with van der Waals surface area (Å²) < 4.78 is 6.17. The van der Waals surface area contributed by atoms with E-state index < -0.39 is 7.26 Å². The van der Waals surface area contributed by atoms with E-state index >= 15 is 0 Å². The molecule has 29 heavy (non-hydrogen) atoms. The fraction of sp³-hybridized carbons (Fsp3) is 0.0385. The van der Waals surface area contributed by atoms with Crippen LogP contribution in [-0.2, 0) is 4.74 Å². The minimum Gasteiger partial charge on any atom is -0.449 e. The minimum atomic E-state index is -2.31. The second-order valence-corrected chi connectivity index (χ2v) is 10.5. The van der Waals surface area contributed by atoms with Crippen LogP contribution in [0.25, 0.3) is 0 Å². The summed E-state index contributed by atoms with van der Waals surface area (Å²) in [7, 11) is -2.31. The standard InChI is InChI=1S/C26H20O2P/c27-25-23-18-10-11-19-24(23)26(28-25)29(20-12-4-1-5-13-20,21-14-6-2-7-15-21)22-16-8-3-9-17-22/h1-19,26H. The number of carbonyl (C=O) groups excluding carboxylic acids is 1. The lowest BCUT2D eigenvalue weighted by atomic mass is 10.1. The molecule has 0 spiro atoms. The third kappa shape index (κ3) is 2.80. The Bertz CT molecular complexity index is 1040. The van der Waals surface area contributed by atoms with E-state index in [2.05, 4.69) is 72.8 Å². The molecule has 0 bridgehead atoms. The van der Waals surface area contributed by atoms with Crippen molar-refractivity contribution in [1.29, 1.82) is 0 Å². The second-order valence-electron chi connectivity index (χ2n) is 7.07. The summed E-state index contributed by atoms with van der Waals surface area (Å²) in [6.07, 6.45) is 0. The molecular weight excluding hydrogens is 375 g/mol. The molecule has 1 radical (unpaired) electrons. The van der Waals surface area contributed by atoms with E-state index in [0.29, 0.717) is 5.56 Å². The first-order valence-corrected chi connectivity index (χ1v) is 11.5. The van der Waals surface area contributed by atoms with Gasteiger partial charge in [0.15, 0.2) is 5.85 Å². The number of benzene rings is 4. The fourth-order valence-electron chi connectivity index (χ4n) is 4.26.